The Morgan fingerprint density at radius 2 is 1.86 bits per heavy atom. The summed E-state index contributed by atoms with van der Waals surface area (Å²) in [7, 11) is 0. The van der Waals surface area contributed by atoms with Crippen LogP contribution in [0.15, 0.2) is 48.9 Å². The molecule has 1 aromatic carbocycles. The predicted octanol–water partition coefficient (Wildman–Crippen LogP) is 4.54. The van der Waals surface area contributed by atoms with Crippen molar-refractivity contribution in [1.29, 1.82) is 0 Å². The van der Waals surface area contributed by atoms with Crippen molar-refractivity contribution < 1.29 is 22.3 Å². The Labute approximate surface area is 158 Å². The lowest BCUT2D eigenvalue weighted by atomic mass is 10.1. The van der Waals surface area contributed by atoms with E-state index in [1.165, 1.54) is 6.33 Å². The molecule has 0 bridgehead atoms. The molecule has 3 rings (SSSR count). The van der Waals surface area contributed by atoms with Gasteiger partial charge in [-0.15, -0.1) is 13.2 Å². The first-order chi connectivity index (χ1) is 13.3. The highest BCUT2D eigenvalue weighted by molar-refractivity contribution is 5.61. The van der Waals surface area contributed by atoms with Gasteiger partial charge in [-0.1, -0.05) is 0 Å². The van der Waals surface area contributed by atoms with Gasteiger partial charge < -0.3 is 10.1 Å². The van der Waals surface area contributed by atoms with Crippen LogP contribution < -0.4 is 10.1 Å². The van der Waals surface area contributed by atoms with Gasteiger partial charge in [-0.25, -0.2) is 14.4 Å². The molecule has 146 valence electrons. The average molecular weight is 392 g/mol. The standard InChI is InChI=1S/C19H16F4N4O/c1-12-2-3-14(10-25-12)16-9-18(27-11-26-16)24-7-6-13-8-15(20)4-5-17(13)28-19(21,22)23/h2-5,8-11H,6-7H2,1H3,(H,24,26,27). The minimum Gasteiger partial charge on any atom is -0.405 e. The molecule has 2 heterocycles. The first-order valence-electron chi connectivity index (χ1n) is 8.33. The third-order valence-corrected chi connectivity index (χ3v) is 3.82. The Hall–Kier alpha value is -3.23. The van der Waals surface area contributed by atoms with Gasteiger partial charge in [-0.05, 0) is 49.2 Å². The van der Waals surface area contributed by atoms with Crippen LogP contribution in [0.2, 0.25) is 0 Å². The number of aryl methyl sites for hydroxylation is 1. The van der Waals surface area contributed by atoms with E-state index in [0.717, 1.165) is 29.5 Å². The van der Waals surface area contributed by atoms with E-state index in [1.807, 2.05) is 19.1 Å². The van der Waals surface area contributed by atoms with Gasteiger partial charge in [-0.2, -0.15) is 0 Å². The average Bonchev–Trinajstić information content (AvgIpc) is 2.64. The molecule has 9 heteroatoms. The number of hydrogen-bond acceptors (Lipinski definition) is 5. The van der Waals surface area contributed by atoms with E-state index in [0.29, 0.717) is 11.5 Å². The van der Waals surface area contributed by atoms with Crippen molar-refractivity contribution in [2.45, 2.75) is 19.7 Å². The third-order valence-electron chi connectivity index (χ3n) is 3.82. The molecule has 0 aliphatic rings. The number of alkyl halides is 3. The molecule has 0 saturated carbocycles. The minimum absolute atomic E-state index is 0.0989. The predicted molar refractivity (Wildman–Crippen MR) is 95.3 cm³/mol. The summed E-state index contributed by atoms with van der Waals surface area (Å²) in [5.74, 6) is -0.578. The van der Waals surface area contributed by atoms with Crippen LogP contribution in [0, 0.1) is 12.7 Å². The molecule has 5 nitrogen and oxygen atoms in total. The maximum Gasteiger partial charge on any atom is 0.573 e. The van der Waals surface area contributed by atoms with Crippen LogP contribution in [0.4, 0.5) is 23.4 Å². The second kappa shape index (κ2) is 8.20. The van der Waals surface area contributed by atoms with E-state index in [2.05, 4.69) is 25.0 Å². The second-order valence-corrected chi connectivity index (χ2v) is 5.95. The van der Waals surface area contributed by atoms with Crippen LogP contribution >= 0.6 is 0 Å². The number of nitrogens with one attached hydrogen (secondary N) is 1. The first-order valence-corrected chi connectivity index (χ1v) is 8.33. The summed E-state index contributed by atoms with van der Waals surface area (Å²) in [5.41, 5.74) is 2.43. The highest BCUT2D eigenvalue weighted by Crippen LogP contribution is 2.27. The van der Waals surface area contributed by atoms with Gasteiger partial charge in [0.2, 0.25) is 0 Å². The Morgan fingerprint density at radius 1 is 1.04 bits per heavy atom. The van der Waals surface area contributed by atoms with Crippen LogP contribution in [0.25, 0.3) is 11.3 Å². The van der Waals surface area contributed by atoms with Crippen molar-refractivity contribution in [3.05, 3.63) is 66.0 Å². The lowest BCUT2D eigenvalue weighted by molar-refractivity contribution is -0.274. The number of hydrogen-bond donors (Lipinski definition) is 1. The number of halogens is 4. The number of anilines is 1. The Kier molecular flexibility index (Phi) is 5.72. The topological polar surface area (TPSA) is 59.9 Å². The van der Waals surface area contributed by atoms with E-state index in [9.17, 15) is 17.6 Å². The molecular formula is C19H16F4N4O. The van der Waals surface area contributed by atoms with Gasteiger partial charge in [-0.3, -0.25) is 4.98 Å². The van der Waals surface area contributed by atoms with Crippen molar-refractivity contribution in [3.63, 3.8) is 0 Å². The summed E-state index contributed by atoms with van der Waals surface area (Å²) in [5, 5.41) is 2.99. The van der Waals surface area contributed by atoms with E-state index in [4.69, 9.17) is 0 Å². The summed E-state index contributed by atoms with van der Waals surface area (Å²) in [6.07, 6.45) is -1.68. The first kappa shape index (κ1) is 19.5. The Balaban J connectivity index is 1.68. The van der Waals surface area contributed by atoms with E-state index < -0.39 is 17.9 Å². The van der Waals surface area contributed by atoms with Crippen molar-refractivity contribution in [1.82, 2.24) is 15.0 Å². The number of pyridine rings is 1. The maximum atomic E-state index is 13.4. The molecule has 0 atom stereocenters. The molecule has 0 spiro atoms. The van der Waals surface area contributed by atoms with Gasteiger partial charge in [0.25, 0.3) is 0 Å². The monoisotopic (exact) mass is 392 g/mol. The van der Waals surface area contributed by atoms with E-state index in [1.54, 1.807) is 12.3 Å². The molecule has 0 amide bonds. The number of nitrogens with zero attached hydrogens (tertiary/aromatic N) is 3. The molecule has 2 aromatic heterocycles. The molecule has 0 aliphatic heterocycles. The van der Waals surface area contributed by atoms with Crippen molar-refractivity contribution in [2.75, 3.05) is 11.9 Å². The molecule has 28 heavy (non-hydrogen) atoms. The smallest absolute Gasteiger partial charge is 0.405 e. The summed E-state index contributed by atoms with van der Waals surface area (Å²) in [6.45, 7) is 2.10. The second-order valence-electron chi connectivity index (χ2n) is 5.95. The fourth-order valence-electron chi connectivity index (χ4n) is 2.52. The van der Waals surface area contributed by atoms with Crippen molar-refractivity contribution in [3.8, 4) is 17.0 Å². The highest BCUT2D eigenvalue weighted by Gasteiger charge is 2.32. The maximum absolute atomic E-state index is 13.4. The normalized spacial score (nSPS) is 11.3. The zero-order chi connectivity index (χ0) is 20.1. The highest BCUT2D eigenvalue weighted by atomic mass is 19.4. The summed E-state index contributed by atoms with van der Waals surface area (Å²) < 4.78 is 54.8. The number of ether oxygens (including phenoxy) is 1. The summed E-state index contributed by atoms with van der Waals surface area (Å²) >= 11 is 0. The van der Waals surface area contributed by atoms with Gasteiger partial charge in [0, 0.05) is 30.1 Å². The van der Waals surface area contributed by atoms with Gasteiger partial charge >= 0.3 is 6.36 Å². The van der Waals surface area contributed by atoms with E-state index >= 15 is 0 Å². The van der Waals surface area contributed by atoms with Crippen molar-refractivity contribution >= 4 is 5.82 Å². The van der Waals surface area contributed by atoms with Crippen LogP contribution in [-0.4, -0.2) is 27.9 Å². The summed E-state index contributed by atoms with van der Waals surface area (Å²) in [4.78, 5) is 12.5. The van der Waals surface area contributed by atoms with Crippen LogP contribution in [-0.2, 0) is 6.42 Å². The molecule has 0 saturated heterocycles. The lowest BCUT2D eigenvalue weighted by Gasteiger charge is -2.14. The molecule has 1 N–H and O–H groups in total. The largest absolute Gasteiger partial charge is 0.573 e. The molecule has 0 fully saturated rings. The van der Waals surface area contributed by atoms with E-state index in [-0.39, 0.29) is 18.5 Å². The lowest BCUT2D eigenvalue weighted by Crippen LogP contribution is -2.19. The van der Waals surface area contributed by atoms with Crippen LogP contribution in [0.1, 0.15) is 11.3 Å². The fraction of sp³-hybridized carbons (Fsp3) is 0.211. The van der Waals surface area contributed by atoms with Gasteiger partial charge in [0.15, 0.2) is 0 Å². The number of aromatic nitrogens is 3. The number of benzene rings is 1. The van der Waals surface area contributed by atoms with Crippen LogP contribution in [0.5, 0.6) is 5.75 Å². The third kappa shape index (κ3) is 5.38. The van der Waals surface area contributed by atoms with Crippen molar-refractivity contribution in [2.24, 2.45) is 0 Å². The van der Waals surface area contributed by atoms with Gasteiger partial charge in [0.05, 0.1) is 5.69 Å². The zero-order valence-electron chi connectivity index (χ0n) is 14.8. The SMILES string of the molecule is Cc1ccc(-c2cc(NCCc3cc(F)ccc3OC(F)(F)F)ncn2)cn1. The number of rotatable bonds is 6. The van der Waals surface area contributed by atoms with Crippen LogP contribution in [0.3, 0.4) is 0 Å². The quantitative estimate of drug-likeness (QED) is 0.624. The molecular weight excluding hydrogens is 376 g/mol. The summed E-state index contributed by atoms with van der Waals surface area (Å²) in [6, 6.07) is 8.34. The molecule has 0 aliphatic carbocycles. The minimum atomic E-state index is -4.84. The molecule has 3 aromatic rings. The van der Waals surface area contributed by atoms with Gasteiger partial charge in [0.1, 0.15) is 23.7 Å². The zero-order valence-corrected chi connectivity index (χ0v) is 14.8. The molecule has 0 radical (unpaired) electrons. The Morgan fingerprint density at radius 3 is 2.57 bits per heavy atom. The molecule has 0 unspecified atom stereocenters. The fourth-order valence-corrected chi connectivity index (χ4v) is 2.52. The Bertz CT molecular complexity index is 945.